The van der Waals surface area contributed by atoms with Crippen LogP contribution in [0.2, 0.25) is 0 Å². The molecule has 4 heteroatoms. The largest absolute Gasteiger partial charge is 0.331 e. The first kappa shape index (κ1) is 14.1. The molecule has 0 bridgehead atoms. The third kappa shape index (κ3) is 3.57. The first-order chi connectivity index (χ1) is 9.56. The molecule has 3 nitrogen and oxygen atoms in total. The highest BCUT2D eigenvalue weighted by Gasteiger charge is 2.11. The Morgan fingerprint density at radius 2 is 1.85 bits per heavy atom. The molecule has 0 aromatic heterocycles. The van der Waals surface area contributed by atoms with Crippen molar-refractivity contribution in [1.29, 1.82) is 0 Å². The van der Waals surface area contributed by atoms with Gasteiger partial charge in [-0.3, -0.25) is 0 Å². The van der Waals surface area contributed by atoms with Crippen molar-refractivity contribution >= 4 is 11.7 Å². The third-order valence-electron chi connectivity index (χ3n) is 3.02. The Morgan fingerprint density at radius 3 is 2.50 bits per heavy atom. The summed E-state index contributed by atoms with van der Waals surface area (Å²) in [6.45, 7) is 3.67. The van der Waals surface area contributed by atoms with E-state index in [1.807, 2.05) is 37.3 Å². The first-order valence-electron chi connectivity index (χ1n) is 6.45. The average molecular weight is 272 g/mol. The quantitative estimate of drug-likeness (QED) is 0.870. The van der Waals surface area contributed by atoms with Crippen LogP contribution in [0.4, 0.5) is 14.9 Å². The van der Waals surface area contributed by atoms with Gasteiger partial charge < -0.3 is 10.6 Å². The van der Waals surface area contributed by atoms with E-state index in [-0.39, 0.29) is 11.7 Å². The van der Waals surface area contributed by atoms with Crippen molar-refractivity contribution in [1.82, 2.24) is 5.32 Å². The molecule has 104 valence electrons. The lowest BCUT2D eigenvalue weighted by atomic mass is 10.1. The molecule has 2 N–H and O–H groups in total. The third-order valence-corrected chi connectivity index (χ3v) is 3.02. The minimum atomic E-state index is -0.437. The number of carbonyl (C=O) groups excluding carboxylic acids is 1. The summed E-state index contributed by atoms with van der Waals surface area (Å²) in [5.41, 5.74) is 1.98. The monoisotopic (exact) mass is 272 g/mol. The van der Waals surface area contributed by atoms with Gasteiger partial charge in [0, 0.05) is 0 Å². The van der Waals surface area contributed by atoms with Crippen molar-refractivity contribution in [3.8, 4) is 0 Å². The minimum Gasteiger partial charge on any atom is -0.331 e. The number of hydrogen-bond donors (Lipinski definition) is 2. The lowest BCUT2D eigenvalue weighted by Crippen LogP contribution is -2.31. The van der Waals surface area contributed by atoms with Crippen molar-refractivity contribution < 1.29 is 9.18 Å². The van der Waals surface area contributed by atoms with E-state index in [1.165, 1.54) is 6.07 Å². The molecule has 2 aromatic carbocycles. The highest BCUT2D eigenvalue weighted by atomic mass is 19.1. The second kappa shape index (κ2) is 6.19. The molecule has 0 heterocycles. The fourth-order valence-electron chi connectivity index (χ4n) is 1.90. The number of amides is 2. The number of rotatable bonds is 3. The van der Waals surface area contributed by atoms with Crippen molar-refractivity contribution in [2.45, 2.75) is 19.9 Å². The molecule has 1 atom stereocenters. The van der Waals surface area contributed by atoms with Crippen LogP contribution >= 0.6 is 0 Å². The lowest BCUT2D eigenvalue weighted by Gasteiger charge is -2.15. The first-order valence-corrected chi connectivity index (χ1v) is 6.45. The summed E-state index contributed by atoms with van der Waals surface area (Å²) < 4.78 is 13.6. The highest BCUT2D eigenvalue weighted by molar-refractivity contribution is 5.89. The Hall–Kier alpha value is -2.36. The molecule has 2 aromatic rings. The van der Waals surface area contributed by atoms with Gasteiger partial charge in [-0.25, -0.2) is 9.18 Å². The standard InChI is InChI=1S/C16H17FN2O/c1-11-8-9-15(14(17)10-11)19-16(20)18-12(2)13-6-4-3-5-7-13/h3-10,12H,1-2H3,(H2,18,19,20)/t12-/m1/s1. The van der Waals surface area contributed by atoms with Crippen LogP contribution in [0.3, 0.4) is 0 Å². The number of urea groups is 1. The zero-order valence-corrected chi connectivity index (χ0v) is 11.5. The highest BCUT2D eigenvalue weighted by Crippen LogP contribution is 2.16. The van der Waals surface area contributed by atoms with Crippen molar-refractivity contribution in [2.75, 3.05) is 5.32 Å². The zero-order valence-electron chi connectivity index (χ0n) is 11.5. The summed E-state index contributed by atoms with van der Waals surface area (Å²) in [5.74, 6) is -0.437. The molecular formula is C16H17FN2O. The molecule has 0 spiro atoms. The summed E-state index contributed by atoms with van der Waals surface area (Å²) in [4.78, 5) is 11.8. The van der Waals surface area contributed by atoms with Gasteiger partial charge in [-0.05, 0) is 37.1 Å². The van der Waals surface area contributed by atoms with Gasteiger partial charge in [0.15, 0.2) is 0 Å². The van der Waals surface area contributed by atoms with Gasteiger partial charge in [0.1, 0.15) is 5.82 Å². The van der Waals surface area contributed by atoms with E-state index < -0.39 is 11.8 Å². The van der Waals surface area contributed by atoms with E-state index in [9.17, 15) is 9.18 Å². The Bertz CT molecular complexity index is 599. The van der Waals surface area contributed by atoms with Gasteiger partial charge in [0.05, 0.1) is 11.7 Å². The molecule has 2 rings (SSSR count). The van der Waals surface area contributed by atoms with Gasteiger partial charge in [-0.1, -0.05) is 36.4 Å². The van der Waals surface area contributed by atoms with Gasteiger partial charge in [0.2, 0.25) is 0 Å². The van der Waals surface area contributed by atoms with E-state index >= 15 is 0 Å². The smallest absolute Gasteiger partial charge is 0.319 e. The van der Waals surface area contributed by atoms with Crippen molar-refractivity contribution in [3.63, 3.8) is 0 Å². The van der Waals surface area contributed by atoms with Crippen LogP contribution < -0.4 is 10.6 Å². The van der Waals surface area contributed by atoms with Gasteiger partial charge >= 0.3 is 6.03 Å². The summed E-state index contributed by atoms with van der Waals surface area (Å²) in [6, 6.07) is 13.7. The molecule has 0 fully saturated rings. The summed E-state index contributed by atoms with van der Waals surface area (Å²) in [6.07, 6.45) is 0. The maximum Gasteiger partial charge on any atom is 0.319 e. The molecule has 0 unspecified atom stereocenters. The van der Waals surface area contributed by atoms with Crippen LogP contribution in [0.5, 0.6) is 0 Å². The fraction of sp³-hybridized carbons (Fsp3) is 0.188. The topological polar surface area (TPSA) is 41.1 Å². The maximum atomic E-state index is 13.6. The van der Waals surface area contributed by atoms with E-state index in [0.29, 0.717) is 0 Å². The molecule has 0 radical (unpaired) electrons. The second-order valence-electron chi connectivity index (χ2n) is 4.71. The molecule has 0 saturated heterocycles. The van der Waals surface area contributed by atoms with Crippen LogP contribution in [-0.2, 0) is 0 Å². The zero-order chi connectivity index (χ0) is 14.5. The van der Waals surface area contributed by atoms with Crippen LogP contribution in [0, 0.1) is 12.7 Å². The van der Waals surface area contributed by atoms with Crippen LogP contribution in [-0.4, -0.2) is 6.03 Å². The molecule has 0 aliphatic carbocycles. The SMILES string of the molecule is Cc1ccc(NC(=O)N[C@H](C)c2ccccc2)c(F)c1. The van der Waals surface area contributed by atoms with Gasteiger partial charge in [-0.2, -0.15) is 0 Å². The number of benzene rings is 2. The molecule has 2 amide bonds. The number of carbonyl (C=O) groups is 1. The second-order valence-corrected chi connectivity index (χ2v) is 4.71. The number of hydrogen-bond acceptors (Lipinski definition) is 1. The van der Waals surface area contributed by atoms with Gasteiger partial charge in [-0.15, -0.1) is 0 Å². The predicted octanol–water partition coefficient (Wildman–Crippen LogP) is 4.02. The van der Waals surface area contributed by atoms with Crippen LogP contribution in [0.15, 0.2) is 48.5 Å². The van der Waals surface area contributed by atoms with Crippen LogP contribution in [0.25, 0.3) is 0 Å². The Kier molecular flexibility index (Phi) is 4.35. The Labute approximate surface area is 117 Å². The van der Waals surface area contributed by atoms with E-state index in [2.05, 4.69) is 10.6 Å². The van der Waals surface area contributed by atoms with E-state index in [4.69, 9.17) is 0 Å². The fourth-order valence-corrected chi connectivity index (χ4v) is 1.90. The Balaban J connectivity index is 1.99. The molecular weight excluding hydrogens is 255 g/mol. The number of nitrogens with one attached hydrogen (secondary N) is 2. The summed E-state index contributed by atoms with van der Waals surface area (Å²) >= 11 is 0. The molecule has 0 aliphatic rings. The van der Waals surface area contributed by atoms with Crippen LogP contribution in [0.1, 0.15) is 24.1 Å². The summed E-state index contributed by atoms with van der Waals surface area (Å²) in [7, 11) is 0. The normalized spacial score (nSPS) is 11.8. The van der Waals surface area contributed by atoms with E-state index in [0.717, 1.165) is 11.1 Å². The molecule has 0 saturated carbocycles. The van der Waals surface area contributed by atoms with E-state index in [1.54, 1.807) is 19.1 Å². The number of halogens is 1. The predicted molar refractivity (Wildman–Crippen MR) is 78.1 cm³/mol. The van der Waals surface area contributed by atoms with Crippen molar-refractivity contribution in [3.05, 3.63) is 65.5 Å². The van der Waals surface area contributed by atoms with Gasteiger partial charge in [0.25, 0.3) is 0 Å². The molecule has 0 aliphatic heterocycles. The lowest BCUT2D eigenvalue weighted by molar-refractivity contribution is 0.249. The maximum absolute atomic E-state index is 13.6. The van der Waals surface area contributed by atoms with Crippen molar-refractivity contribution in [2.24, 2.45) is 0 Å². The summed E-state index contributed by atoms with van der Waals surface area (Å²) in [5, 5.41) is 5.28. The number of aryl methyl sites for hydroxylation is 1. The Morgan fingerprint density at radius 1 is 1.15 bits per heavy atom. The average Bonchev–Trinajstić information content (AvgIpc) is 2.43. The number of anilines is 1. The molecule has 20 heavy (non-hydrogen) atoms. The minimum absolute atomic E-state index is 0.148.